The second-order valence-corrected chi connectivity index (χ2v) is 12.2. The van der Waals surface area contributed by atoms with Gasteiger partial charge in [0.1, 0.15) is 0 Å². The Morgan fingerprint density at radius 3 is 1.38 bits per heavy atom. The number of fused-ring (bicyclic) bond motifs is 1. The lowest BCUT2D eigenvalue weighted by Crippen LogP contribution is -2.12. The summed E-state index contributed by atoms with van der Waals surface area (Å²) >= 11 is 0. The Morgan fingerprint density at radius 1 is 0.375 bits per heavy atom. The molecule has 0 spiro atoms. The smallest absolute Gasteiger partial charge is 0.00329 e. The Bertz CT molecular complexity index is 2340. The SMILES string of the molecule is C=c1ccccc(=C)c(-c2c3c(c(-c4ccc(-c5ccc(-c6ccccc6)cc5)cc4)c(=C)ccccc2=C)C=CC(C)C=C3)ccc1. The van der Waals surface area contributed by atoms with E-state index in [4.69, 9.17) is 0 Å². The molecular weight excluding hydrogens is 577 g/mol. The molecule has 0 aromatic heterocycles. The Hall–Kier alpha value is -5.98. The molecule has 0 heterocycles. The molecule has 5 aromatic carbocycles. The van der Waals surface area contributed by atoms with Gasteiger partial charge in [0.05, 0.1) is 0 Å². The molecule has 6 rings (SSSR count). The van der Waals surface area contributed by atoms with Gasteiger partial charge in [0, 0.05) is 0 Å². The summed E-state index contributed by atoms with van der Waals surface area (Å²) in [5.41, 5.74) is 11.2. The molecule has 0 amide bonds. The van der Waals surface area contributed by atoms with Gasteiger partial charge in [-0.05, 0) is 82.4 Å². The van der Waals surface area contributed by atoms with Gasteiger partial charge in [-0.15, -0.1) is 0 Å². The molecule has 5 aromatic rings. The Morgan fingerprint density at radius 2 is 0.792 bits per heavy atom. The zero-order chi connectivity index (χ0) is 33.5. The zero-order valence-electron chi connectivity index (χ0n) is 27.6. The summed E-state index contributed by atoms with van der Waals surface area (Å²) < 4.78 is 0. The van der Waals surface area contributed by atoms with E-state index in [1.165, 1.54) is 22.3 Å². The predicted molar refractivity (Wildman–Crippen MR) is 211 cm³/mol. The van der Waals surface area contributed by atoms with Crippen LogP contribution in [0.15, 0.2) is 158 Å². The third-order valence-electron chi connectivity index (χ3n) is 8.72. The van der Waals surface area contributed by atoms with Crippen LogP contribution in [0.5, 0.6) is 0 Å². The molecule has 0 saturated carbocycles. The van der Waals surface area contributed by atoms with Crippen molar-refractivity contribution in [2.75, 3.05) is 0 Å². The van der Waals surface area contributed by atoms with Crippen molar-refractivity contribution in [3.8, 4) is 44.5 Å². The minimum atomic E-state index is 0.258. The number of hydrogen-bond acceptors (Lipinski definition) is 0. The molecule has 0 bridgehead atoms. The fourth-order valence-electron chi connectivity index (χ4n) is 6.12. The van der Waals surface area contributed by atoms with Gasteiger partial charge >= 0.3 is 0 Å². The topological polar surface area (TPSA) is 0 Å². The van der Waals surface area contributed by atoms with Crippen LogP contribution in [-0.2, 0) is 0 Å². The van der Waals surface area contributed by atoms with Crippen LogP contribution in [0.3, 0.4) is 0 Å². The lowest BCUT2D eigenvalue weighted by atomic mass is 9.90. The normalized spacial score (nSPS) is 13.1. The van der Waals surface area contributed by atoms with Crippen LogP contribution in [0.1, 0.15) is 18.1 Å². The Kier molecular flexibility index (Phi) is 9.75. The van der Waals surface area contributed by atoms with Crippen LogP contribution < -0.4 is 20.9 Å². The lowest BCUT2D eigenvalue weighted by molar-refractivity contribution is 0.954. The van der Waals surface area contributed by atoms with Crippen LogP contribution >= 0.6 is 0 Å². The highest BCUT2D eigenvalue weighted by Crippen LogP contribution is 2.32. The molecule has 0 N–H and O–H groups in total. The Labute approximate surface area is 284 Å². The van der Waals surface area contributed by atoms with Gasteiger partial charge in [0.2, 0.25) is 0 Å². The van der Waals surface area contributed by atoms with Crippen molar-refractivity contribution < 1.29 is 0 Å². The first-order valence-electron chi connectivity index (χ1n) is 16.4. The van der Waals surface area contributed by atoms with E-state index in [1.807, 2.05) is 54.6 Å². The average molecular weight is 617 g/mol. The van der Waals surface area contributed by atoms with Gasteiger partial charge < -0.3 is 0 Å². The maximum Gasteiger partial charge on any atom is -0.00329 e. The van der Waals surface area contributed by atoms with E-state index in [0.29, 0.717) is 0 Å². The third kappa shape index (κ3) is 7.20. The van der Waals surface area contributed by atoms with Crippen LogP contribution in [-0.4, -0.2) is 0 Å². The molecule has 232 valence electrons. The third-order valence-corrected chi connectivity index (χ3v) is 8.72. The average Bonchev–Trinajstić information content (AvgIpc) is 3.29. The van der Waals surface area contributed by atoms with Crippen molar-refractivity contribution in [2.24, 2.45) is 5.92 Å². The summed E-state index contributed by atoms with van der Waals surface area (Å²) in [4.78, 5) is 0. The predicted octanol–water partition coefficient (Wildman–Crippen LogP) is 9.92. The first-order chi connectivity index (χ1) is 23.4. The van der Waals surface area contributed by atoms with Crippen LogP contribution in [0.25, 0.3) is 83.0 Å². The summed E-state index contributed by atoms with van der Waals surface area (Å²) in [7, 11) is 0. The van der Waals surface area contributed by atoms with Crippen molar-refractivity contribution in [3.05, 3.63) is 190 Å². The van der Waals surface area contributed by atoms with E-state index in [2.05, 4.69) is 149 Å². The van der Waals surface area contributed by atoms with Gasteiger partial charge in [-0.2, -0.15) is 0 Å². The first-order valence-corrected chi connectivity index (χ1v) is 16.4. The fourth-order valence-corrected chi connectivity index (χ4v) is 6.12. The standard InChI is InChI=1S/C48H40/c1-34-14-9-10-16-36(3)44(21-13-15-34)48-38(5)18-12-11-17-37(4)47(45-32-22-35(2)23-33-46(45)48)43-30-28-42(29-31-43)41-26-24-40(25-27-41)39-19-7-6-8-20-39/h6-33,35H,1,3-5H2,2H3. The van der Waals surface area contributed by atoms with Gasteiger partial charge in [-0.1, -0.05) is 203 Å². The van der Waals surface area contributed by atoms with E-state index in [0.717, 1.165) is 54.3 Å². The summed E-state index contributed by atoms with van der Waals surface area (Å²) in [6.45, 7) is 20.0. The minimum absolute atomic E-state index is 0.258. The molecule has 0 heteroatoms. The molecule has 1 aliphatic carbocycles. The van der Waals surface area contributed by atoms with E-state index in [-0.39, 0.29) is 5.92 Å². The van der Waals surface area contributed by atoms with Gasteiger partial charge in [0.15, 0.2) is 0 Å². The molecule has 0 saturated heterocycles. The summed E-state index contributed by atoms with van der Waals surface area (Å²) in [6, 6.07) is 50.6. The molecule has 1 unspecified atom stereocenters. The maximum absolute atomic E-state index is 4.58. The highest BCUT2D eigenvalue weighted by molar-refractivity contribution is 5.88. The van der Waals surface area contributed by atoms with Gasteiger partial charge in [-0.3, -0.25) is 0 Å². The number of benzene rings is 3. The van der Waals surface area contributed by atoms with Crippen molar-refractivity contribution in [1.82, 2.24) is 0 Å². The maximum atomic E-state index is 4.58. The van der Waals surface area contributed by atoms with E-state index in [1.54, 1.807) is 0 Å². The molecule has 48 heavy (non-hydrogen) atoms. The van der Waals surface area contributed by atoms with E-state index < -0.39 is 0 Å². The molecule has 0 fully saturated rings. The highest BCUT2D eigenvalue weighted by atomic mass is 14.2. The van der Waals surface area contributed by atoms with Crippen molar-refractivity contribution >= 4 is 38.5 Å². The fraction of sp³-hybridized carbons (Fsp3) is 0.0417. The van der Waals surface area contributed by atoms with Crippen molar-refractivity contribution in [2.45, 2.75) is 6.92 Å². The summed E-state index contributed by atoms with van der Waals surface area (Å²) in [5.74, 6) is 0.258. The first kappa shape index (κ1) is 32.0. The van der Waals surface area contributed by atoms with E-state index in [9.17, 15) is 0 Å². The molecule has 0 radical (unpaired) electrons. The second kappa shape index (κ2) is 14.6. The second-order valence-electron chi connectivity index (χ2n) is 12.2. The van der Waals surface area contributed by atoms with Crippen molar-refractivity contribution in [1.29, 1.82) is 0 Å². The van der Waals surface area contributed by atoms with Crippen LogP contribution in [0.2, 0.25) is 0 Å². The largest absolute Gasteiger partial charge is 0.0918 e. The number of hydrogen-bond donors (Lipinski definition) is 0. The summed E-state index contributed by atoms with van der Waals surface area (Å²) in [5, 5.41) is 3.67. The van der Waals surface area contributed by atoms with Crippen LogP contribution in [0.4, 0.5) is 0 Å². The van der Waals surface area contributed by atoms with Gasteiger partial charge in [0.25, 0.3) is 0 Å². The van der Waals surface area contributed by atoms with Crippen molar-refractivity contribution in [3.63, 3.8) is 0 Å². The van der Waals surface area contributed by atoms with Gasteiger partial charge in [-0.25, -0.2) is 0 Å². The van der Waals surface area contributed by atoms with Crippen LogP contribution in [0, 0.1) is 5.92 Å². The molecule has 0 nitrogen and oxygen atoms in total. The van der Waals surface area contributed by atoms with E-state index >= 15 is 0 Å². The molecule has 1 aliphatic rings. The quantitative estimate of drug-likeness (QED) is 0.189. The molecule has 0 aliphatic heterocycles. The number of allylic oxidation sites excluding steroid dienone is 2. The minimum Gasteiger partial charge on any atom is -0.0918 e. The Balaban J connectivity index is 1.59. The summed E-state index contributed by atoms with van der Waals surface area (Å²) in [6.07, 6.45) is 9.00. The molecule has 1 atom stereocenters. The highest BCUT2D eigenvalue weighted by Gasteiger charge is 2.14. The zero-order valence-corrected chi connectivity index (χ0v) is 27.6. The monoisotopic (exact) mass is 616 g/mol. The number of rotatable bonds is 4. The molecular formula is C48H40. The lowest BCUT2D eigenvalue weighted by Gasteiger charge is -2.14.